The Bertz CT molecular complexity index is 976. The summed E-state index contributed by atoms with van der Waals surface area (Å²) in [4.78, 5) is 28.0. The fourth-order valence-electron chi connectivity index (χ4n) is 3.20. The number of carbonyl (C=O) groups is 2. The van der Waals surface area contributed by atoms with Crippen LogP contribution in [0.25, 0.3) is 10.9 Å². The predicted molar refractivity (Wildman–Crippen MR) is 107 cm³/mol. The van der Waals surface area contributed by atoms with Crippen molar-refractivity contribution in [3.8, 4) is 5.75 Å². The molecule has 2 N–H and O–H groups in total. The average Bonchev–Trinajstić information content (AvgIpc) is 3.10. The van der Waals surface area contributed by atoms with Crippen molar-refractivity contribution in [2.45, 2.75) is 26.3 Å². The second-order valence-corrected chi connectivity index (χ2v) is 6.89. The van der Waals surface area contributed by atoms with Crippen molar-refractivity contribution in [1.82, 2.24) is 9.88 Å². The first kappa shape index (κ1) is 19.5. The van der Waals surface area contributed by atoms with Crippen LogP contribution >= 0.6 is 0 Å². The molecule has 0 aliphatic carbocycles. The molecule has 1 heterocycles. The Hall–Kier alpha value is -3.28. The molecular formula is C22H24N2O4. The molecule has 0 aliphatic rings. The molecule has 0 bridgehead atoms. The van der Waals surface area contributed by atoms with Crippen molar-refractivity contribution >= 4 is 22.8 Å². The van der Waals surface area contributed by atoms with E-state index in [4.69, 9.17) is 9.84 Å². The van der Waals surface area contributed by atoms with Gasteiger partial charge < -0.3 is 19.7 Å². The third-order valence-electron chi connectivity index (χ3n) is 4.75. The van der Waals surface area contributed by atoms with Gasteiger partial charge in [-0.1, -0.05) is 30.3 Å². The number of hydrogen-bond acceptors (Lipinski definition) is 3. The normalized spacial score (nSPS) is 10.8. The zero-order valence-corrected chi connectivity index (χ0v) is 16.1. The molecule has 0 aliphatic heterocycles. The Morgan fingerprint density at radius 2 is 1.89 bits per heavy atom. The summed E-state index contributed by atoms with van der Waals surface area (Å²) in [6, 6.07) is 13.3. The third kappa shape index (κ3) is 4.71. The van der Waals surface area contributed by atoms with Crippen molar-refractivity contribution in [2.24, 2.45) is 0 Å². The number of benzene rings is 2. The van der Waals surface area contributed by atoms with Gasteiger partial charge in [0.2, 0.25) is 5.91 Å². The number of aliphatic carboxylic acids is 1. The van der Waals surface area contributed by atoms with Crippen LogP contribution in [-0.2, 0) is 22.6 Å². The van der Waals surface area contributed by atoms with Gasteiger partial charge in [-0.3, -0.25) is 4.79 Å². The number of rotatable bonds is 8. The van der Waals surface area contributed by atoms with Gasteiger partial charge in [0.25, 0.3) is 0 Å². The summed E-state index contributed by atoms with van der Waals surface area (Å²) < 4.78 is 5.12. The second-order valence-electron chi connectivity index (χ2n) is 6.89. The first-order valence-electron chi connectivity index (χ1n) is 9.17. The predicted octanol–water partition coefficient (Wildman–Crippen LogP) is 3.53. The fraction of sp³-hybridized carbons (Fsp3) is 0.273. The molecule has 0 saturated carbocycles. The number of ether oxygens (including phenoxy) is 1. The van der Waals surface area contributed by atoms with Crippen LogP contribution in [0.3, 0.4) is 0 Å². The lowest BCUT2D eigenvalue weighted by atomic mass is 10.1. The zero-order chi connectivity index (χ0) is 20.1. The van der Waals surface area contributed by atoms with Crippen LogP contribution in [0, 0.1) is 6.92 Å². The maximum atomic E-state index is 12.5. The monoisotopic (exact) mass is 380 g/mol. The number of carboxylic acids is 1. The number of hydrogen-bond donors (Lipinski definition) is 2. The Balaban J connectivity index is 1.54. The van der Waals surface area contributed by atoms with Crippen LogP contribution in [0.1, 0.15) is 23.1 Å². The number of amides is 1. The van der Waals surface area contributed by atoms with E-state index in [1.54, 1.807) is 24.1 Å². The number of nitrogens with zero attached hydrogens (tertiary/aromatic N) is 1. The Morgan fingerprint density at radius 1 is 1.14 bits per heavy atom. The fourth-order valence-corrected chi connectivity index (χ4v) is 3.20. The van der Waals surface area contributed by atoms with Crippen molar-refractivity contribution in [1.29, 1.82) is 0 Å². The number of H-pyrrole nitrogens is 1. The summed E-state index contributed by atoms with van der Waals surface area (Å²) in [7, 11) is 1.79. The van der Waals surface area contributed by atoms with Gasteiger partial charge in [0.05, 0.1) is 0 Å². The van der Waals surface area contributed by atoms with E-state index < -0.39 is 5.97 Å². The molecule has 2 aromatic carbocycles. The molecule has 0 fully saturated rings. The molecule has 6 nitrogen and oxygen atoms in total. The SMILES string of the molecule is Cc1cccc2c(CCC(=O)N(C)Cc3ccc(OCC(=O)O)cc3)c[nH]c12. The number of aromatic nitrogens is 1. The molecule has 146 valence electrons. The van der Waals surface area contributed by atoms with Crippen LogP contribution in [0.15, 0.2) is 48.7 Å². The maximum absolute atomic E-state index is 12.5. The van der Waals surface area contributed by atoms with E-state index in [2.05, 4.69) is 24.0 Å². The van der Waals surface area contributed by atoms with Crippen molar-refractivity contribution in [3.05, 3.63) is 65.4 Å². The highest BCUT2D eigenvalue weighted by molar-refractivity contribution is 5.86. The number of para-hydroxylation sites is 1. The lowest BCUT2D eigenvalue weighted by Gasteiger charge is -2.17. The second kappa shape index (κ2) is 8.61. The topological polar surface area (TPSA) is 82.6 Å². The van der Waals surface area contributed by atoms with E-state index in [0.29, 0.717) is 25.1 Å². The van der Waals surface area contributed by atoms with E-state index in [1.165, 1.54) is 10.9 Å². The standard InChI is InChI=1S/C22H24N2O4/c1-15-4-3-5-19-17(12-23-22(15)19)8-11-20(25)24(2)13-16-6-9-18(10-7-16)28-14-21(26)27/h3-7,9-10,12,23H,8,11,13-14H2,1-2H3,(H,26,27). The molecule has 0 saturated heterocycles. The van der Waals surface area contributed by atoms with Crippen LogP contribution < -0.4 is 4.74 Å². The van der Waals surface area contributed by atoms with Gasteiger partial charge in [0.15, 0.2) is 6.61 Å². The number of fused-ring (bicyclic) bond motifs is 1. The Labute approximate surface area is 163 Å². The van der Waals surface area contributed by atoms with Crippen LogP contribution in [-0.4, -0.2) is 40.5 Å². The Kier molecular flexibility index (Phi) is 5.99. The average molecular weight is 380 g/mol. The van der Waals surface area contributed by atoms with Gasteiger partial charge >= 0.3 is 5.97 Å². The summed E-state index contributed by atoms with van der Waals surface area (Å²) in [5.74, 6) is -0.442. The highest BCUT2D eigenvalue weighted by atomic mass is 16.5. The lowest BCUT2D eigenvalue weighted by Crippen LogP contribution is -2.26. The number of aromatic amines is 1. The molecule has 1 aromatic heterocycles. The van der Waals surface area contributed by atoms with Gasteiger partial charge in [0, 0.05) is 37.1 Å². The van der Waals surface area contributed by atoms with Gasteiger partial charge in [-0.05, 0) is 42.2 Å². The van der Waals surface area contributed by atoms with E-state index in [1.807, 2.05) is 24.4 Å². The highest BCUT2D eigenvalue weighted by Crippen LogP contribution is 2.22. The van der Waals surface area contributed by atoms with E-state index in [-0.39, 0.29) is 12.5 Å². The molecule has 1 amide bonds. The zero-order valence-electron chi connectivity index (χ0n) is 16.1. The molecule has 3 rings (SSSR count). The Morgan fingerprint density at radius 3 is 2.61 bits per heavy atom. The molecule has 28 heavy (non-hydrogen) atoms. The summed E-state index contributed by atoms with van der Waals surface area (Å²) >= 11 is 0. The first-order chi connectivity index (χ1) is 13.4. The smallest absolute Gasteiger partial charge is 0.341 e. The van der Waals surface area contributed by atoms with Crippen LogP contribution in [0.4, 0.5) is 0 Å². The summed E-state index contributed by atoms with van der Waals surface area (Å²) in [5.41, 5.74) is 4.44. The first-order valence-corrected chi connectivity index (χ1v) is 9.17. The molecule has 0 unspecified atom stereocenters. The molecule has 3 aromatic rings. The van der Waals surface area contributed by atoms with E-state index in [0.717, 1.165) is 16.6 Å². The molecular weight excluding hydrogens is 356 g/mol. The van der Waals surface area contributed by atoms with Crippen molar-refractivity contribution in [3.63, 3.8) is 0 Å². The van der Waals surface area contributed by atoms with Crippen molar-refractivity contribution in [2.75, 3.05) is 13.7 Å². The van der Waals surface area contributed by atoms with Gasteiger partial charge in [-0.2, -0.15) is 0 Å². The van der Waals surface area contributed by atoms with Crippen molar-refractivity contribution < 1.29 is 19.4 Å². The van der Waals surface area contributed by atoms with Gasteiger partial charge in [-0.25, -0.2) is 4.79 Å². The number of carboxylic acid groups (broad SMARTS) is 1. The summed E-state index contributed by atoms with van der Waals surface area (Å²) in [5, 5.41) is 9.80. The van der Waals surface area contributed by atoms with E-state index in [9.17, 15) is 9.59 Å². The minimum Gasteiger partial charge on any atom is -0.482 e. The number of aryl methyl sites for hydroxylation is 2. The summed E-state index contributed by atoms with van der Waals surface area (Å²) in [6.45, 7) is 2.19. The minimum atomic E-state index is -1.01. The van der Waals surface area contributed by atoms with Crippen LogP contribution in [0.5, 0.6) is 5.75 Å². The summed E-state index contributed by atoms with van der Waals surface area (Å²) in [6.07, 6.45) is 3.12. The third-order valence-corrected chi connectivity index (χ3v) is 4.75. The van der Waals surface area contributed by atoms with E-state index >= 15 is 0 Å². The number of carbonyl (C=O) groups excluding carboxylic acids is 1. The van der Waals surface area contributed by atoms with Crippen LogP contribution in [0.2, 0.25) is 0 Å². The largest absolute Gasteiger partial charge is 0.482 e. The number of nitrogens with one attached hydrogen (secondary N) is 1. The maximum Gasteiger partial charge on any atom is 0.341 e. The molecule has 0 atom stereocenters. The lowest BCUT2D eigenvalue weighted by molar-refractivity contribution is -0.139. The quantitative estimate of drug-likeness (QED) is 0.626. The van der Waals surface area contributed by atoms with Gasteiger partial charge in [0.1, 0.15) is 5.75 Å². The molecule has 6 heteroatoms. The molecule has 0 spiro atoms. The van der Waals surface area contributed by atoms with Gasteiger partial charge in [-0.15, -0.1) is 0 Å². The molecule has 0 radical (unpaired) electrons. The highest BCUT2D eigenvalue weighted by Gasteiger charge is 2.12. The minimum absolute atomic E-state index is 0.0770.